The Hall–Kier alpha value is -3.36. The maximum Gasteiger partial charge on any atom is 0.241 e. The molecule has 0 bridgehead atoms. The zero-order valence-corrected chi connectivity index (χ0v) is 20.9. The highest BCUT2D eigenvalue weighted by molar-refractivity contribution is 6.11. The SMILES string of the molecule is Cc1cnc(C)c(N2CCN(C(=O)CC3(c4cccc(F)c4)CC(=O)N(C4CCCC4)C3=O)CC2)n1. The van der Waals surface area contributed by atoms with Crippen LogP contribution in [-0.4, -0.2) is 69.7 Å². The molecular weight excluding hydrogens is 461 g/mol. The van der Waals surface area contributed by atoms with E-state index in [-0.39, 0.29) is 36.6 Å². The normalized spacial score (nSPS) is 23.1. The predicted octanol–water partition coefficient (Wildman–Crippen LogP) is 2.91. The van der Waals surface area contributed by atoms with Crippen LogP contribution in [0.5, 0.6) is 0 Å². The second kappa shape index (κ2) is 9.59. The van der Waals surface area contributed by atoms with E-state index in [0.29, 0.717) is 31.7 Å². The molecule has 3 heterocycles. The van der Waals surface area contributed by atoms with Crippen molar-refractivity contribution in [2.45, 2.75) is 63.8 Å². The molecule has 36 heavy (non-hydrogen) atoms. The predicted molar refractivity (Wildman–Crippen MR) is 132 cm³/mol. The lowest BCUT2D eigenvalue weighted by Crippen LogP contribution is -2.51. The number of amides is 3. The minimum atomic E-state index is -1.37. The van der Waals surface area contributed by atoms with Gasteiger partial charge in [-0.2, -0.15) is 0 Å². The lowest BCUT2D eigenvalue weighted by molar-refractivity contribution is -0.144. The fourth-order valence-electron chi connectivity index (χ4n) is 5.91. The third-order valence-electron chi connectivity index (χ3n) is 7.85. The van der Waals surface area contributed by atoms with Crippen LogP contribution in [0.25, 0.3) is 0 Å². The van der Waals surface area contributed by atoms with Crippen molar-refractivity contribution in [1.29, 1.82) is 0 Å². The van der Waals surface area contributed by atoms with E-state index in [1.165, 1.54) is 23.1 Å². The van der Waals surface area contributed by atoms with E-state index in [2.05, 4.69) is 14.9 Å². The molecule has 9 heteroatoms. The Kier molecular flexibility index (Phi) is 6.49. The van der Waals surface area contributed by atoms with Crippen LogP contribution in [-0.2, 0) is 19.8 Å². The number of rotatable bonds is 5. The number of likely N-dealkylation sites (tertiary alicyclic amines) is 1. The van der Waals surface area contributed by atoms with E-state index in [1.807, 2.05) is 13.8 Å². The fourth-order valence-corrected chi connectivity index (χ4v) is 5.91. The van der Waals surface area contributed by atoms with Crippen molar-refractivity contribution in [3.63, 3.8) is 0 Å². The van der Waals surface area contributed by atoms with Gasteiger partial charge in [-0.15, -0.1) is 0 Å². The highest BCUT2D eigenvalue weighted by atomic mass is 19.1. The van der Waals surface area contributed by atoms with Crippen molar-refractivity contribution in [2.24, 2.45) is 0 Å². The molecule has 1 saturated carbocycles. The standard InChI is InChI=1S/C27H32FN5O3/c1-18-17-29-19(2)25(30-18)32-12-10-31(11-13-32)23(34)15-27(20-6-5-7-21(28)14-20)16-24(35)33(26(27)36)22-8-3-4-9-22/h5-7,14,17,22H,3-4,8-13,15-16H2,1-2H3. The average molecular weight is 494 g/mol. The number of hydrogen-bond donors (Lipinski definition) is 0. The van der Waals surface area contributed by atoms with Crippen LogP contribution in [0.15, 0.2) is 30.5 Å². The summed E-state index contributed by atoms with van der Waals surface area (Å²) in [6, 6.07) is 5.68. The fraction of sp³-hybridized carbons (Fsp3) is 0.519. The second-order valence-electron chi connectivity index (χ2n) is 10.2. The van der Waals surface area contributed by atoms with Crippen LogP contribution >= 0.6 is 0 Å². The summed E-state index contributed by atoms with van der Waals surface area (Å²) in [6.07, 6.45) is 5.01. The third kappa shape index (κ3) is 4.35. The van der Waals surface area contributed by atoms with E-state index < -0.39 is 11.2 Å². The summed E-state index contributed by atoms with van der Waals surface area (Å²) in [5.74, 6) is -0.477. The largest absolute Gasteiger partial charge is 0.352 e. The summed E-state index contributed by atoms with van der Waals surface area (Å²) in [6.45, 7) is 5.96. The van der Waals surface area contributed by atoms with Gasteiger partial charge in [0.15, 0.2) is 0 Å². The van der Waals surface area contributed by atoms with E-state index in [0.717, 1.165) is 42.9 Å². The van der Waals surface area contributed by atoms with Crippen molar-refractivity contribution in [2.75, 3.05) is 31.1 Å². The molecule has 1 aromatic carbocycles. The number of aryl methyl sites for hydroxylation is 2. The van der Waals surface area contributed by atoms with Crippen LogP contribution < -0.4 is 4.90 Å². The first-order valence-corrected chi connectivity index (χ1v) is 12.7. The van der Waals surface area contributed by atoms with E-state index in [4.69, 9.17) is 0 Å². The van der Waals surface area contributed by atoms with E-state index in [9.17, 15) is 18.8 Å². The van der Waals surface area contributed by atoms with Crippen molar-refractivity contribution < 1.29 is 18.8 Å². The lowest BCUT2D eigenvalue weighted by Gasteiger charge is -2.37. The number of benzene rings is 1. The molecule has 1 aromatic heterocycles. The molecule has 1 unspecified atom stereocenters. The summed E-state index contributed by atoms with van der Waals surface area (Å²) in [5.41, 5.74) is 0.711. The molecule has 2 aromatic rings. The van der Waals surface area contributed by atoms with Gasteiger partial charge in [0.1, 0.15) is 11.6 Å². The molecule has 0 spiro atoms. The first-order chi connectivity index (χ1) is 17.3. The van der Waals surface area contributed by atoms with Crippen molar-refractivity contribution in [3.05, 3.63) is 53.2 Å². The maximum absolute atomic E-state index is 14.2. The molecule has 2 aliphatic heterocycles. The van der Waals surface area contributed by atoms with Crippen LogP contribution in [0, 0.1) is 19.7 Å². The number of aromatic nitrogens is 2. The van der Waals surface area contributed by atoms with Gasteiger partial charge in [-0.1, -0.05) is 25.0 Å². The summed E-state index contributed by atoms with van der Waals surface area (Å²) in [4.78, 5) is 54.8. The van der Waals surface area contributed by atoms with Gasteiger partial charge in [-0.25, -0.2) is 9.37 Å². The van der Waals surface area contributed by atoms with Crippen LogP contribution in [0.2, 0.25) is 0 Å². The van der Waals surface area contributed by atoms with Gasteiger partial charge in [0, 0.05) is 51.3 Å². The van der Waals surface area contributed by atoms with Gasteiger partial charge in [-0.3, -0.25) is 24.3 Å². The van der Waals surface area contributed by atoms with Gasteiger partial charge in [0.05, 0.1) is 16.8 Å². The highest BCUT2D eigenvalue weighted by Gasteiger charge is 2.56. The Bertz CT molecular complexity index is 1190. The summed E-state index contributed by atoms with van der Waals surface area (Å²) in [7, 11) is 0. The zero-order chi connectivity index (χ0) is 25.4. The smallest absolute Gasteiger partial charge is 0.241 e. The third-order valence-corrected chi connectivity index (χ3v) is 7.85. The number of imide groups is 1. The number of nitrogens with zero attached hydrogens (tertiary/aromatic N) is 5. The van der Waals surface area contributed by atoms with Gasteiger partial charge in [0.2, 0.25) is 17.7 Å². The number of anilines is 1. The topological polar surface area (TPSA) is 86.7 Å². The van der Waals surface area contributed by atoms with Crippen molar-refractivity contribution in [3.8, 4) is 0 Å². The lowest BCUT2D eigenvalue weighted by atomic mass is 9.75. The Morgan fingerprint density at radius 2 is 1.83 bits per heavy atom. The molecule has 1 aliphatic carbocycles. The number of carbonyl (C=O) groups is 3. The summed E-state index contributed by atoms with van der Waals surface area (Å²) >= 11 is 0. The molecule has 3 fully saturated rings. The van der Waals surface area contributed by atoms with E-state index >= 15 is 0 Å². The Morgan fingerprint density at radius 1 is 1.11 bits per heavy atom. The number of carbonyl (C=O) groups excluding carboxylic acids is 3. The van der Waals surface area contributed by atoms with Gasteiger partial charge in [0.25, 0.3) is 0 Å². The molecule has 1 atom stereocenters. The molecule has 190 valence electrons. The summed E-state index contributed by atoms with van der Waals surface area (Å²) < 4.78 is 14.2. The zero-order valence-electron chi connectivity index (χ0n) is 20.9. The quantitative estimate of drug-likeness (QED) is 0.596. The first-order valence-electron chi connectivity index (χ1n) is 12.7. The van der Waals surface area contributed by atoms with Gasteiger partial charge < -0.3 is 9.80 Å². The highest BCUT2D eigenvalue weighted by Crippen LogP contribution is 2.43. The minimum absolute atomic E-state index is 0.102. The average Bonchev–Trinajstić information content (AvgIpc) is 3.47. The van der Waals surface area contributed by atoms with Crippen LogP contribution in [0.1, 0.15) is 55.5 Å². The number of halogens is 1. The Labute approximate surface area is 210 Å². The number of piperazine rings is 1. The molecule has 3 aliphatic rings. The van der Waals surface area contributed by atoms with Gasteiger partial charge in [-0.05, 0) is 44.4 Å². The number of hydrogen-bond acceptors (Lipinski definition) is 6. The minimum Gasteiger partial charge on any atom is -0.352 e. The molecular formula is C27H32FN5O3. The summed E-state index contributed by atoms with van der Waals surface area (Å²) in [5, 5.41) is 0. The van der Waals surface area contributed by atoms with Crippen molar-refractivity contribution in [1.82, 2.24) is 19.8 Å². The molecule has 8 nitrogen and oxygen atoms in total. The second-order valence-corrected chi connectivity index (χ2v) is 10.2. The molecule has 0 N–H and O–H groups in total. The van der Waals surface area contributed by atoms with Crippen LogP contribution in [0.4, 0.5) is 10.2 Å². The monoisotopic (exact) mass is 493 g/mol. The molecule has 2 saturated heterocycles. The Balaban J connectivity index is 1.36. The molecule has 5 rings (SSSR count). The van der Waals surface area contributed by atoms with Gasteiger partial charge >= 0.3 is 0 Å². The maximum atomic E-state index is 14.2. The van der Waals surface area contributed by atoms with Crippen molar-refractivity contribution >= 4 is 23.5 Å². The van der Waals surface area contributed by atoms with Crippen LogP contribution in [0.3, 0.4) is 0 Å². The first kappa shape index (κ1) is 24.3. The Morgan fingerprint density at radius 3 is 2.53 bits per heavy atom. The molecule has 0 radical (unpaired) electrons. The van der Waals surface area contributed by atoms with E-state index in [1.54, 1.807) is 17.2 Å². The molecule has 3 amide bonds.